The van der Waals surface area contributed by atoms with E-state index in [2.05, 4.69) is 20.8 Å². The van der Waals surface area contributed by atoms with Crippen LogP contribution in [0.1, 0.15) is 36.8 Å². The van der Waals surface area contributed by atoms with Gasteiger partial charge in [0.25, 0.3) is 0 Å². The molecule has 2 aromatic rings. The Hall–Kier alpha value is -2.58. The van der Waals surface area contributed by atoms with Crippen molar-refractivity contribution >= 4 is 6.03 Å². The number of benzene rings is 1. The third kappa shape index (κ3) is 4.46. The van der Waals surface area contributed by atoms with Crippen LogP contribution in [0.5, 0.6) is 0 Å². The molecule has 0 spiro atoms. The van der Waals surface area contributed by atoms with Gasteiger partial charge in [-0.05, 0) is 31.5 Å². The van der Waals surface area contributed by atoms with Crippen LogP contribution in [0, 0.1) is 0 Å². The molecule has 1 atom stereocenters. The van der Waals surface area contributed by atoms with Crippen molar-refractivity contribution in [1.29, 1.82) is 0 Å². The standard InChI is InChI=1S/C15H18F3N5O/c1-3-23-9-20-22-13(23)8-19-14(24)21-10(2)11-4-6-12(7-5-11)15(16,17)18/h4-7,9-10H,3,8H2,1-2H3,(H2,19,21,24)/t10-/m1/s1. The quantitative estimate of drug-likeness (QED) is 0.878. The number of aromatic nitrogens is 3. The molecule has 1 heterocycles. The minimum atomic E-state index is -4.37. The summed E-state index contributed by atoms with van der Waals surface area (Å²) < 4.78 is 39.4. The fourth-order valence-corrected chi connectivity index (χ4v) is 2.13. The fraction of sp³-hybridized carbons (Fsp3) is 0.400. The summed E-state index contributed by atoms with van der Waals surface area (Å²) in [6.45, 7) is 4.52. The van der Waals surface area contributed by atoms with Crippen molar-refractivity contribution in [3.63, 3.8) is 0 Å². The Labute approximate surface area is 137 Å². The summed E-state index contributed by atoms with van der Waals surface area (Å²) in [7, 11) is 0. The van der Waals surface area contributed by atoms with Gasteiger partial charge in [0, 0.05) is 6.54 Å². The smallest absolute Gasteiger partial charge is 0.332 e. The number of aryl methyl sites for hydroxylation is 1. The Morgan fingerprint density at radius 3 is 2.54 bits per heavy atom. The van der Waals surface area contributed by atoms with Crippen LogP contribution in [0.25, 0.3) is 0 Å². The fourth-order valence-electron chi connectivity index (χ4n) is 2.13. The predicted octanol–water partition coefficient (Wildman–Crippen LogP) is 2.88. The van der Waals surface area contributed by atoms with Crippen LogP contribution in [0.2, 0.25) is 0 Å². The van der Waals surface area contributed by atoms with E-state index >= 15 is 0 Å². The minimum Gasteiger partial charge on any atom is -0.332 e. The summed E-state index contributed by atoms with van der Waals surface area (Å²) in [4.78, 5) is 11.9. The van der Waals surface area contributed by atoms with Crippen molar-refractivity contribution in [3.8, 4) is 0 Å². The number of hydrogen-bond donors (Lipinski definition) is 2. The number of nitrogens with one attached hydrogen (secondary N) is 2. The van der Waals surface area contributed by atoms with Gasteiger partial charge in [-0.15, -0.1) is 10.2 Å². The van der Waals surface area contributed by atoms with E-state index in [-0.39, 0.29) is 6.54 Å². The normalized spacial score (nSPS) is 12.7. The first-order valence-electron chi connectivity index (χ1n) is 7.39. The van der Waals surface area contributed by atoms with Gasteiger partial charge in [0.1, 0.15) is 6.33 Å². The lowest BCUT2D eigenvalue weighted by Crippen LogP contribution is -2.37. The van der Waals surface area contributed by atoms with E-state index < -0.39 is 23.8 Å². The Morgan fingerprint density at radius 1 is 1.29 bits per heavy atom. The summed E-state index contributed by atoms with van der Waals surface area (Å²) in [6.07, 6.45) is -2.80. The van der Waals surface area contributed by atoms with Gasteiger partial charge in [-0.3, -0.25) is 0 Å². The average Bonchev–Trinajstić information content (AvgIpc) is 2.99. The highest BCUT2D eigenvalue weighted by Gasteiger charge is 2.30. The Balaban J connectivity index is 1.89. The number of amides is 2. The number of hydrogen-bond acceptors (Lipinski definition) is 3. The summed E-state index contributed by atoms with van der Waals surface area (Å²) in [6, 6.07) is 3.82. The van der Waals surface area contributed by atoms with Crippen LogP contribution >= 0.6 is 0 Å². The van der Waals surface area contributed by atoms with E-state index in [1.807, 2.05) is 6.92 Å². The lowest BCUT2D eigenvalue weighted by molar-refractivity contribution is -0.137. The summed E-state index contributed by atoms with van der Waals surface area (Å²) in [5, 5.41) is 13.0. The lowest BCUT2D eigenvalue weighted by Gasteiger charge is -2.16. The lowest BCUT2D eigenvalue weighted by atomic mass is 10.1. The van der Waals surface area contributed by atoms with Gasteiger partial charge in [-0.2, -0.15) is 13.2 Å². The third-order valence-electron chi connectivity index (χ3n) is 3.53. The number of carbonyl (C=O) groups is 1. The topological polar surface area (TPSA) is 71.8 Å². The summed E-state index contributed by atoms with van der Waals surface area (Å²) in [5.74, 6) is 0.620. The molecule has 0 bridgehead atoms. The Morgan fingerprint density at radius 2 is 1.96 bits per heavy atom. The SMILES string of the molecule is CCn1cnnc1CNC(=O)N[C@H](C)c1ccc(C(F)(F)F)cc1. The van der Waals surface area contributed by atoms with Gasteiger partial charge in [-0.25, -0.2) is 4.79 Å². The molecule has 9 heteroatoms. The van der Waals surface area contributed by atoms with Crippen LogP contribution in [0.4, 0.5) is 18.0 Å². The third-order valence-corrected chi connectivity index (χ3v) is 3.53. The van der Waals surface area contributed by atoms with Crippen molar-refractivity contribution in [1.82, 2.24) is 25.4 Å². The first-order valence-corrected chi connectivity index (χ1v) is 7.39. The maximum atomic E-state index is 12.5. The molecule has 2 N–H and O–H groups in total. The van der Waals surface area contributed by atoms with Gasteiger partial charge in [0.2, 0.25) is 0 Å². The molecule has 1 aromatic carbocycles. The molecule has 130 valence electrons. The molecular weight excluding hydrogens is 323 g/mol. The molecule has 0 saturated carbocycles. The first-order chi connectivity index (χ1) is 11.3. The van der Waals surface area contributed by atoms with Crippen molar-refractivity contribution in [3.05, 3.63) is 47.5 Å². The number of alkyl halides is 3. The molecule has 0 aliphatic carbocycles. The van der Waals surface area contributed by atoms with Gasteiger partial charge in [0.15, 0.2) is 5.82 Å². The molecule has 24 heavy (non-hydrogen) atoms. The summed E-state index contributed by atoms with van der Waals surface area (Å²) in [5.41, 5.74) is -0.142. The number of halogens is 3. The molecule has 2 amide bonds. The Bertz CT molecular complexity index is 681. The second kappa shape index (κ2) is 7.33. The van der Waals surface area contributed by atoms with Crippen molar-refractivity contribution in [2.75, 3.05) is 0 Å². The molecule has 0 fully saturated rings. The number of nitrogens with zero attached hydrogens (tertiary/aromatic N) is 3. The van der Waals surface area contributed by atoms with E-state index in [0.717, 1.165) is 12.1 Å². The monoisotopic (exact) mass is 341 g/mol. The molecule has 0 saturated heterocycles. The van der Waals surface area contributed by atoms with E-state index in [9.17, 15) is 18.0 Å². The van der Waals surface area contributed by atoms with Gasteiger partial charge in [0.05, 0.1) is 18.2 Å². The number of rotatable bonds is 5. The summed E-state index contributed by atoms with van der Waals surface area (Å²) >= 11 is 0. The molecule has 2 rings (SSSR count). The largest absolute Gasteiger partial charge is 0.416 e. The minimum absolute atomic E-state index is 0.208. The van der Waals surface area contributed by atoms with Crippen LogP contribution in [-0.2, 0) is 19.3 Å². The zero-order valence-corrected chi connectivity index (χ0v) is 13.3. The highest BCUT2D eigenvalue weighted by molar-refractivity contribution is 5.74. The maximum absolute atomic E-state index is 12.5. The number of carbonyl (C=O) groups excluding carboxylic acids is 1. The first kappa shape index (κ1) is 17.8. The van der Waals surface area contributed by atoms with Gasteiger partial charge in [-0.1, -0.05) is 12.1 Å². The van der Waals surface area contributed by atoms with Crippen LogP contribution < -0.4 is 10.6 Å². The molecule has 0 aliphatic heterocycles. The molecule has 1 aromatic heterocycles. The number of urea groups is 1. The van der Waals surface area contributed by atoms with E-state index in [0.29, 0.717) is 17.9 Å². The molecule has 0 radical (unpaired) electrons. The van der Waals surface area contributed by atoms with Crippen LogP contribution in [0.3, 0.4) is 0 Å². The predicted molar refractivity (Wildman–Crippen MR) is 80.9 cm³/mol. The van der Waals surface area contributed by atoms with Crippen molar-refractivity contribution < 1.29 is 18.0 Å². The van der Waals surface area contributed by atoms with Gasteiger partial charge < -0.3 is 15.2 Å². The average molecular weight is 341 g/mol. The second-order valence-electron chi connectivity index (χ2n) is 5.20. The van der Waals surface area contributed by atoms with Crippen LogP contribution in [0.15, 0.2) is 30.6 Å². The molecule has 0 unspecified atom stereocenters. The van der Waals surface area contributed by atoms with Crippen LogP contribution in [-0.4, -0.2) is 20.8 Å². The van der Waals surface area contributed by atoms with E-state index in [4.69, 9.17) is 0 Å². The zero-order valence-electron chi connectivity index (χ0n) is 13.3. The van der Waals surface area contributed by atoms with E-state index in [1.165, 1.54) is 12.1 Å². The van der Waals surface area contributed by atoms with E-state index in [1.54, 1.807) is 17.8 Å². The van der Waals surface area contributed by atoms with Crippen molar-refractivity contribution in [2.24, 2.45) is 0 Å². The highest BCUT2D eigenvalue weighted by atomic mass is 19.4. The van der Waals surface area contributed by atoms with Gasteiger partial charge >= 0.3 is 12.2 Å². The Kier molecular flexibility index (Phi) is 5.42. The van der Waals surface area contributed by atoms with Crippen molar-refractivity contribution in [2.45, 2.75) is 39.2 Å². The molecule has 6 nitrogen and oxygen atoms in total. The zero-order chi connectivity index (χ0) is 17.7. The molecular formula is C15H18F3N5O. The highest BCUT2D eigenvalue weighted by Crippen LogP contribution is 2.29. The second-order valence-corrected chi connectivity index (χ2v) is 5.20. The molecule has 0 aliphatic rings. The maximum Gasteiger partial charge on any atom is 0.416 e.